The lowest BCUT2D eigenvalue weighted by atomic mass is 10.1. The highest BCUT2D eigenvalue weighted by Crippen LogP contribution is 2.33. The summed E-state index contributed by atoms with van der Waals surface area (Å²) in [4.78, 5) is 15.0. The van der Waals surface area contributed by atoms with Crippen molar-refractivity contribution >= 4 is 28.7 Å². The molecule has 0 bridgehead atoms. The highest BCUT2D eigenvalue weighted by atomic mass is 19.4. The summed E-state index contributed by atoms with van der Waals surface area (Å²) in [6, 6.07) is 11.3. The molecular formula is C22H25F3N4O2. The minimum Gasteiger partial charge on any atom is -0.482 e. The highest BCUT2D eigenvalue weighted by molar-refractivity contribution is 5.95. The van der Waals surface area contributed by atoms with Crippen LogP contribution in [-0.4, -0.2) is 55.8 Å². The van der Waals surface area contributed by atoms with E-state index in [1.54, 1.807) is 6.07 Å². The third-order valence-corrected chi connectivity index (χ3v) is 5.62. The van der Waals surface area contributed by atoms with Crippen LogP contribution in [-0.2, 0) is 4.79 Å². The van der Waals surface area contributed by atoms with Gasteiger partial charge in [0.25, 0.3) is 5.91 Å². The maximum Gasteiger partial charge on any atom is 0.401 e. The first kappa shape index (κ1) is 21.3. The second-order valence-electron chi connectivity index (χ2n) is 8.05. The number of piperazine rings is 1. The van der Waals surface area contributed by atoms with Gasteiger partial charge < -0.3 is 20.3 Å². The number of nitrogens with zero attached hydrogens (tertiary/aromatic N) is 2. The van der Waals surface area contributed by atoms with Crippen LogP contribution in [0, 0.1) is 6.92 Å². The van der Waals surface area contributed by atoms with Crippen molar-refractivity contribution in [2.45, 2.75) is 26.1 Å². The lowest BCUT2D eigenvalue weighted by Gasteiger charge is -2.41. The van der Waals surface area contributed by atoms with Crippen molar-refractivity contribution in [3.8, 4) is 5.75 Å². The van der Waals surface area contributed by atoms with Gasteiger partial charge in [0, 0.05) is 48.8 Å². The molecule has 2 N–H and O–H groups in total. The van der Waals surface area contributed by atoms with Gasteiger partial charge in [0.15, 0.2) is 6.61 Å². The number of carbonyl (C=O) groups is 1. The molecule has 2 aliphatic rings. The summed E-state index contributed by atoms with van der Waals surface area (Å²) >= 11 is 0. The number of nitrogens with one attached hydrogen (secondary N) is 2. The zero-order valence-corrected chi connectivity index (χ0v) is 17.4. The number of benzene rings is 2. The first-order chi connectivity index (χ1) is 14.7. The topological polar surface area (TPSA) is 56.8 Å². The predicted octanol–water partition coefficient (Wildman–Crippen LogP) is 4.14. The van der Waals surface area contributed by atoms with E-state index in [9.17, 15) is 18.0 Å². The number of aryl methyl sites for hydroxylation is 1. The van der Waals surface area contributed by atoms with Gasteiger partial charge in [-0.3, -0.25) is 9.69 Å². The Morgan fingerprint density at radius 3 is 2.71 bits per heavy atom. The van der Waals surface area contributed by atoms with E-state index >= 15 is 0 Å². The number of ether oxygens (including phenoxy) is 1. The Bertz CT molecular complexity index is 980. The van der Waals surface area contributed by atoms with Gasteiger partial charge in [0.05, 0.1) is 12.2 Å². The minimum atomic E-state index is -4.17. The smallest absolute Gasteiger partial charge is 0.401 e. The van der Waals surface area contributed by atoms with Gasteiger partial charge in [0.1, 0.15) is 5.75 Å². The average Bonchev–Trinajstić information content (AvgIpc) is 2.70. The molecule has 0 aromatic heterocycles. The molecule has 2 aliphatic heterocycles. The summed E-state index contributed by atoms with van der Waals surface area (Å²) in [7, 11) is 0. The zero-order valence-electron chi connectivity index (χ0n) is 17.4. The van der Waals surface area contributed by atoms with Crippen molar-refractivity contribution in [2.75, 3.05) is 48.3 Å². The molecule has 31 heavy (non-hydrogen) atoms. The van der Waals surface area contributed by atoms with Gasteiger partial charge in [0.2, 0.25) is 0 Å². The molecule has 2 aromatic carbocycles. The quantitative estimate of drug-likeness (QED) is 0.758. The van der Waals surface area contributed by atoms with Gasteiger partial charge in [-0.05, 0) is 49.7 Å². The molecule has 1 atom stereocenters. The van der Waals surface area contributed by atoms with Crippen LogP contribution in [0.25, 0.3) is 0 Å². The molecule has 1 fully saturated rings. The van der Waals surface area contributed by atoms with Crippen LogP contribution >= 0.6 is 0 Å². The maximum absolute atomic E-state index is 12.7. The van der Waals surface area contributed by atoms with Crippen LogP contribution in [0.3, 0.4) is 0 Å². The van der Waals surface area contributed by atoms with Gasteiger partial charge in [-0.25, -0.2) is 0 Å². The molecule has 2 aromatic rings. The monoisotopic (exact) mass is 434 g/mol. The summed E-state index contributed by atoms with van der Waals surface area (Å²) in [6.07, 6.45) is -4.17. The summed E-state index contributed by atoms with van der Waals surface area (Å²) in [6.45, 7) is 4.45. The maximum atomic E-state index is 12.7. The summed E-state index contributed by atoms with van der Waals surface area (Å²) in [5.41, 5.74) is 4.42. The lowest BCUT2D eigenvalue weighted by molar-refractivity contribution is -0.150. The number of hydrogen-bond acceptors (Lipinski definition) is 5. The van der Waals surface area contributed by atoms with Crippen LogP contribution in [0.1, 0.15) is 12.5 Å². The van der Waals surface area contributed by atoms with E-state index in [4.69, 9.17) is 4.74 Å². The van der Waals surface area contributed by atoms with Gasteiger partial charge in [-0.2, -0.15) is 13.2 Å². The number of carbonyl (C=O) groups excluding carboxylic acids is 1. The average molecular weight is 434 g/mol. The second-order valence-corrected chi connectivity index (χ2v) is 8.05. The molecule has 6 nitrogen and oxygen atoms in total. The van der Waals surface area contributed by atoms with E-state index in [-0.39, 0.29) is 18.6 Å². The minimum absolute atomic E-state index is 0.00116. The molecular weight excluding hydrogens is 409 g/mol. The van der Waals surface area contributed by atoms with Crippen molar-refractivity contribution in [3.05, 3.63) is 42.0 Å². The molecule has 1 amide bonds. The fraction of sp³-hybridized carbons (Fsp3) is 0.409. The molecule has 2 heterocycles. The number of fused-ring (bicyclic) bond motifs is 1. The normalized spacial score (nSPS) is 19.5. The fourth-order valence-corrected chi connectivity index (χ4v) is 3.99. The zero-order chi connectivity index (χ0) is 22.2. The standard InChI is InChI=1S/C22H25F3N4O2/c1-14-9-17(28-7-8-29(15(2)11-28)13-22(23,24)25)4-6-18(14)26-16-3-5-19-20(10-16)31-12-21(30)27-19/h3-6,9-10,15,26H,7-8,11-13H2,1-2H3,(H,27,30)/t15-/m0/s1. The van der Waals surface area contributed by atoms with E-state index in [2.05, 4.69) is 15.5 Å². The van der Waals surface area contributed by atoms with E-state index in [1.807, 2.05) is 44.2 Å². The Morgan fingerprint density at radius 2 is 2.00 bits per heavy atom. The van der Waals surface area contributed by atoms with Gasteiger partial charge in [-0.15, -0.1) is 0 Å². The number of anilines is 4. The van der Waals surface area contributed by atoms with E-state index in [0.29, 0.717) is 31.1 Å². The number of rotatable bonds is 4. The summed E-state index contributed by atoms with van der Waals surface area (Å²) in [5.74, 6) is 0.442. The highest BCUT2D eigenvalue weighted by Gasteiger charge is 2.35. The van der Waals surface area contributed by atoms with Crippen molar-refractivity contribution in [1.82, 2.24) is 4.90 Å². The molecule has 4 rings (SSSR count). The number of alkyl halides is 3. The van der Waals surface area contributed by atoms with E-state index < -0.39 is 12.7 Å². The SMILES string of the molecule is Cc1cc(N2CCN(CC(F)(F)F)[C@@H](C)C2)ccc1Nc1ccc2c(c1)OCC(=O)N2. The summed E-state index contributed by atoms with van der Waals surface area (Å²) in [5, 5.41) is 6.12. The molecule has 0 spiro atoms. The Balaban J connectivity index is 1.43. The van der Waals surface area contributed by atoms with E-state index in [0.717, 1.165) is 22.6 Å². The van der Waals surface area contributed by atoms with Gasteiger partial charge in [-0.1, -0.05) is 0 Å². The number of halogens is 3. The molecule has 0 unspecified atom stereocenters. The Morgan fingerprint density at radius 1 is 1.19 bits per heavy atom. The predicted molar refractivity (Wildman–Crippen MR) is 114 cm³/mol. The van der Waals surface area contributed by atoms with Crippen molar-refractivity contribution in [3.63, 3.8) is 0 Å². The largest absolute Gasteiger partial charge is 0.482 e. The summed E-state index contributed by atoms with van der Waals surface area (Å²) < 4.78 is 43.7. The molecule has 1 saturated heterocycles. The molecule has 166 valence electrons. The first-order valence-corrected chi connectivity index (χ1v) is 10.2. The van der Waals surface area contributed by atoms with Crippen LogP contribution in [0.4, 0.5) is 35.9 Å². The number of hydrogen-bond donors (Lipinski definition) is 2. The Labute approximate surface area is 179 Å². The third kappa shape index (κ3) is 5.04. The van der Waals surface area contributed by atoms with Gasteiger partial charge >= 0.3 is 6.18 Å². The molecule has 0 saturated carbocycles. The van der Waals surface area contributed by atoms with Crippen molar-refractivity contribution in [1.29, 1.82) is 0 Å². The fourth-order valence-electron chi connectivity index (χ4n) is 3.99. The van der Waals surface area contributed by atoms with Crippen LogP contribution < -0.4 is 20.3 Å². The van der Waals surface area contributed by atoms with Crippen molar-refractivity contribution < 1.29 is 22.7 Å². The Hall–Kier alpha value is -2.94. The molecule has 0 aliphatic carbocycles. The first-order valence-electron chi connectivity index (χ1n) is 10.2. The van der Waals surface area contributed by atoms with Crippen LogP contribution in [0.15, 0.2) is 36.4 Å². The van der Waals surface area contributed by atoms with Crippen LogP contribution in [0.5, 0.6) is 5.75 Å². The Kier molecular flexibility index (Phi) is 5.70. The van der Waals surface area contributed by atoms with Crippen LogP contribution in [0.2, 0.25) is 0 Å². The molecule has 0 radical (unpaired) electrons. The number of amides is 1. The third-order valence-electron chi connectivity index (χ3n) is 5.62. The van der Waals surface area contributed by atoms with E-state index in [1.165, 1.54) is 4.90 Å². The van der Waals surface area contributed by atoms with Crippen molar-refractivity contribution in [2.24, 2.45) is 0 Å². The molecule has 9 heteroatoms. The second kappa shape index (κ2) is 8.30. The lowest BCUT2D eigenvalue weighted by Crippen LogP contribution is -2.54.